The van der Waals surface area contributed by atoms with Gasteiger partial charge in [0.05, 0.1) is 24.8 Å². The number of hydrogen-bond donors (Lipinski definition) is 2. The van der Waals surface area contributed by atoms with Gasteiger partial charge in [-0.05, 0) is 59.0 Å². The molecule has 0 radical (unpaired) electrons. The minimum atomic E-state index is 0.395. The second kappa shape index (κ2) is 6.53. The number of fused-ring (bicyclic) bond motifs is 2. The van der Waals surface area contributed by atoms with Gasteiger partial charge in [0.1, 0.15) is 0 Å². The van der Waals surface area contributed by atoms with Crippen molar-refractivity contribution in [3.8, 4) is 0 Å². The molecule has 3 fully saturated rings. The van der Waals surface area contributed by atoms with Crippen molar-refractivity contribution in [3.05, 3.63) is 0 Å². The Hall–Kier alpha value is -0.810. The van der Waals surface area contributed by atoms with Gasteiger partial charge in [0.15, 0.2) is 5.96 Å². The third-order valence-electron chi connectivity index (χ3n) is 5.04. The molecule has 2 saturated heterocycles. The lowest BCUT2D eigenvalue weighted by atomic mass is 9.96. The molecule has 0 aromatic heterocycles. The standard InChI is InChI=1S/C16H30N4O/c1-4-17-16(18-10-14(20(2)3)11-5-6-11)19-13-9-12-7-8-15(13)21-12/h11-15H,4-10H2,1-3H3,(H2,17,18,19). The molecule has 2 heterocycles. The molecule has 0 aromatic carbocycles. The van der Waals surface area contributed by atoms with E-state index in [1.54, 1.807) is 0 Å². The molecule has 0 aromatic rings. The Bertz CT molecular complexity index is 378. The fraction of sp³-hybridized carbons (Fsp3) is 0.938. The zero-order valence-corrected chi connectivity index (χ0v) is 13.6. The quantitative estimate of drug-likeness (QED) is 0.571. The number of hydrogen-bond acceptors (Lipinski definition) is 3. The lowest BCUT2D eigenvalue weighted by Crippen LogP contribution is -2.48. The normalized spacial score (nSPS) is 33.5. The molecule has 1 saturated carbocycles. The Balaban J connectivity index is 1.56. The molecular weight excluding hydrogens is 264 g/mol. The molecule has 5 heteroatoms. The Labute approximate surface area is 128 Å². The highest BCUT2D eigenvalue weighted by molar-refractivity contribution is 5.80. The van der Waals surface area contributed by atoms with Crippen LogP contribution >= 0.6 is 0 Å². The summed E-state index contributed by atoms with van der Waals surface area (Å²) in [7, 11) is 4.34. The highest BCUT2D eigenvalue weighted by Gasteiger charge is 2.41. The van der Waals surface area contributed by atoms with E-state index in [4.69, 9.17) is 9.73 Å². The van der Waals surface area contributed by atoms with Crippen LogP contribution in [0.3, 0.4) is 0 Å². The maximum Gasteiger partial charge on any atom is 0.191 e. The van der Waals surface area contributed by atoms with Crippen molar-refractivity contribution < 1.29 is 4.74 Å². The van der Waals surface area contributed by atoms with Crippen molar-refractivity contribution in [2.24, 2.45) is 10.9 Å². The van der Waals surface area contributed by atoms with E-state index < -0.39 is 0 Å². The van der Waals surface area contributed by atoms with Gasteiger partial charge in [0, 0.05) is 12.6 Å². The molecule has 120 valence electrons. The number of aliphatic imine (C=N–C) groups is 1. The molecule has 2 aliphatic heterocycles. The van der Waals surface area contributed by atoms with E-state index in [2.05, 4.69) is 36.6 Å². The van der Waals surface area contributed by atoms with Crippen molar-refractivity contribution in [1.82, 2.24) is 15.5 Å². The van der Waals surface area contributed by atoms with Gasteiger partial charge in [-0.15, -0.1) is 0 Å². The summed E-state index contributed by atoms with van der Waals surface area (Å²) in [5.74, 6) is 1.81. The summed E-state index contributed by atoms with van der Waals surface area (Å²) >= 11 is 0. The van der Waals surface area contributed by atoms with E-state index >= 15 is 0 Å². The van der Waals surface area contributed by atoms with Crippen LogP contribution in [0.5, 0.6) is 0 Å². The summed E-state index contributed by atoms with van der Waals surface area (Å²) in [6.45, 7) is 3.91. The molecule has 5 nitrogen and oxygen atoms in total. The summed E-state index contributed by atoms with van der Waals surface area (Å²) in [6, 6.07) is 1.03. The Morgan fingerprint density at radius 1 is 1.29 bits per heavy atom. The lowest BCUT2D eigenvalue weighted by molar-refractivity contribution is 0.0992. The first-order chi connectivity index (χ1) is 10.2. The van der Waals surface area contributed by atoms with Crippen LogP contribution in [0.25, 0.3) is 0 Å². The van der Waals surface area contributed by atoms with E-state index in [1.807, 2.05) is 0 Å². The van der Waals surface area contributed by atoms with Crippen LogP contribution in [0, 0.1) is 5.92 Å². The Morgan fingerprint density at radius 2 is 2.10 bits per heavy atom. The van der Waals surface area contributed by atoms with E-state index in [9.17, 15) is 0 Å². The van der Waals surface area contributed by atoms with Crippen LogP contribution in [0.2, 0.25) is 0 Å². The first-order valence-electron chi connectivity index (χ1n) is 8.54. The van der Waals surface area contributed by atoms with Crippen LogP contribution in [0.4, 0.5) is 0 Å². The topological polar surface area (TPSA) is 48.9 Å². The molecule has 1 aliphatic carbocycles. The molecule has 4 unspecified atom stereocenters. The first kappa shape index (κ1) is 15.1. The van der Waals surface area contributed by atoms with Gasteiger partial charge in [-0.3, -0.25) is 4.99 Å². The number of nitrogens with zero attached hydrogens (tertiary/aromatic N) is 2. The Morgan fingerprint density at radius 3 is 2.62 bits per heavy atom. The van der Waals surface area contributed by atoms with Crippen LogP contribution < -0.4 is 10.6 Å². The molecule has 3 rings (SSSR count). The van der Waals surface area contributed by atoms with Crippen molar-refractivity contribution >= 4 is 5.96 Å². The number of guanidine groups is 1. The highest BCUT2D eigenvalue weighted by atomic mass is 16.5. The first-order valence-corrected chi connectivity index (χ1v) is 8.54. The maximum absolute atomic E-state index is 5.92. The minimum Gasteiger partial charge on any atom is -0.373 e. The van der Waals surface area contributed by atoms with Crippen LogP contribution in [0.1, 0.15) is 39.0 Å². The second-order valence-electron chi connectivity index (χ2n) is 6.95. The lowest BCUT2D eigenvalue weighted by Gasteiger charge is -2.25. The zero-order valence-electron chi connectivity index (χ0n) is 13.6. The van der Waals surface area contributed by atoms with Crippen molar-refractivity contribution in [2.45, 2.75) is 63.3 Å². The third kappa shape index (κ3) is 3.69. The third-order valence-corrected chi connectivity index (χ3v) is 5.04. The van der Waals surface area contributed by atoms with E-state index in [1.165, 1.54) is 25.7 Å². The minimum absolute atomic E-state index is 0.395. The van der Waals surface area contributed by atoms with Gasteiger partial charge in [-0.25, -0.2) is 0 Å². The number of likely N-dealkylation sites (N-methyl/N-ethyl adjacent to an activating group) is 1. The average molecular weight is 294 g/mol. The smallest absolute Gasteiger partial charge is 0.191 e. The van der Waals surface area contributed by atoms with Gasteiger partial charge in [-0.1, -0.05) is 0 Å². The summed E-state index contributed by atoms with van der Waals surface area (Å²) in [4.78, 5) is 7.17. The van der Waals surface area contributed by atoms with E-state index in [-0.39, 0.29) is 0 Å². The van der Waals surface area contributed by atoms with Gasteiger partial charge < -0.3 is 20.3 Å². The molecule has 2 bridgehead atoms. The number of rotatable bonds is 6. The van der Waals surface area contributed by atoms with Gasteiger partial charge in [0.25, 0.3) is 0 Å². The SMILES string of the molecule is CCNC(=NCC(C1CC1)N(C)C)NC1CC2CCC1O2. The number of ether oxygens (including phenoxy) is 1. The highest BCUT2D eigenvalue weighted by Crippen LogP contribution is 2.35. The molecule has 0 amide bonds. The van der Waals surface area contributed by atoms with Crippen LogP contribution in [-0.4, -0.2) is 62.3 Å². The Kier molecular flexibility index (Phi) is 4.69. The van der Waals surface area contributed by atoms with Crippen molar-refractivity contribution in [1.29, 1.82) is 0 Å². The summed E-state index contributed by atoms with van der Waals surface area (Å²) in [5, 5.41) is 6.98. The summed E-state index contributed by atoms with van der Waals surface area (Å²) in [6.07, 6.45) is 7.17. The fourth-order valence-electron chi connectivity index (χ4n) is 3.69. The average Bonchev–Trinajstić information content (AvgIpc) is 3.06. The van der Waals surface area contributed by atoms with Gasteiger partial charge >= 0.3 is 0 Å². The van der Waals surface area contributed by atoms with Crippen molar-refractivity contribution in [2.75, 3.05) is 27.2 Å². The molecule has 0 spiro atoms. The summed E-state index contributed by atoms with van der Waals surface area (Å²) < 4.78 is 5.92. The van der Waals surface area contributed by atoms with E-state index in [0.717, 1.165) is 31.4 Å². The molecular formula is C16H30N4O. The maximum atomic E-state index is 5.92. The van der Waals surface area contributed by atoms with E-state index in [0.29, 0.717) is 24.3 Å². The molecule has 2 N–H and O–H groups in total. The fourth-order valence-corrected chi connectivity index (χ4v) is 3.69. The monoisotopic (exact) mass is 294 g/mol. The number of nitrogens with one attached hydrogen (secondary N) is 2. The van der Waals surface area contributed by atoms with Crippen LogP contribution in [-0.2, 0) is 4.74 Å². The molecule has 3 aliphatic rings. The van der Waals surface area contributed by atoms with Crippen molar-refractivity contribution in [3.63, 3.8) is 0 Å². The predicted molar refractivity (Wildman–Crippen MR) is 85.6 cm³/mol. The van der Waals surface area contributed by atoms with Crippen LogP contribution in [0.15, 0.2) is 4.99 Å². The molecule has 21 heavy (non-hydrogen) atoms. The largest absolute Gasteiger partial charge is 0.373 e. The van der Waals surface area contributed by atoms with Gasteiger partial charge in [0.2, 0.25) is 0 Å². The van der Waals surface area contributed by atoms with Gasteiger partial charge in [-0.2, -0.15) is 0 Å². The zero-order chi connectivity index (χ0) is 14.8. The molecule has 4 atom stereocenters. The summed E-state index contributed by atoms with van der Waals surface area (Å²) in [5.41, 5.74) is 0. The predicted octanol–water partition coefficient (Wildman–Crippen LogP) is 1.20. The second-order valence-corrected chi connectivity index (χ2v) is 6.95.